The van der Waals surface area contributed by atoms with Gasteiger partial charge in [-0.3, -0.25) is 14.1 Å². The molecule has 1 fully saturated rings. The molecule has 0 atom stereocenters. The maximum atomic E-state index is 14.5. The second-order valence-electron chi connectivity index (χ2n) is 7.92. The molecule has 7 nitrogen and oxygen atoms in total. The van der Waals surface area contributed by atoms with Crippen LogP contribution in [0.15, 0.2) is 60.9 Å². The van der Waals surface area contributed by atoms with Crippen molar-refractivity contribution in [1.29, 1.82) is 0 Å². The monoisotopic (exact) mass is 468 g/mol. The van der Waals surface area contributed by atoms with Crippen molar-refractivity contribution in [1.82, 2.24) is 9.55 Å². The molecule has 0 bridgehead atoms. The van der Waals surface area contributed by atoms with Gasteiger partial charge in [0.1, 0.15) is 18.0 Å². The molecule has 4 aromatic rings. The van der Waals surface area contributed by atoms with E-state index in [1.54, 1.807) is 34.9 Å². The van der Waals surface area contributed by atoms with Crippen molar-refractivity contribution in [3.8, 4) is 16.8 Å². The molecule has 0 aliphatic heterocycles. The quantitative estimate of drug-likeness (QED) is 0.446. The maximum absolute atomic E-state index is 14.5. The zero-order valence-electron chi connectivity index (χ0n) is 17.1. The molecule has 1 amide bonds. The van der Waals surface area contributed by atoms with Crippen LogP contribution < -0.4 is 10.5 Å². The molecule has 5 rings (SSSR count). The molecule has 1 aliphatic rings. The number of sulfonamides is 1. The average Bonchev–Trinajstić information content (AvgIpc) is 3.53. The van der Waals surface area contributed by atoms with Crippen molar-refractivity contribution >= 4 is 32.7 Å². The van der Waals surface area contributed by atoms with E-state index < -0.39 is 32.8 Å². The Morgan fingerprint density at radius 1 is 1.06 bits per heavy atom. The summed E-state index contributed by atoms with van der Waals surface area (Å²) in [5.41, 5.74) is 7.99. The van der Waals surface area contributed by atoms with Gasteiger partial charge in [-0.05, 0) is 66.9 Å². The lowest BCUT2D eigenvalue weighted by atomic mass is 10.0. The van der Waals surface area contributed by atoms with E-state index in [2.05, 4.69) is 9.71 Å². The van der Waals surface area contributed by atoms with Gasteiger partial charge in [-0.25, -0.2) is 22.2 Å². The third-order valence-corrected chi connectivity index (χ3v) is 7.36. The van der Waals surface area contributed by atoms with Gasteiger partial charge >= 0.3 is 0 Å². The molecule has 33 heavy (non-hydrogen) atoms. The Morgan fingerprint density at radius 3 is 2.55 bits per heavy atom. The lowest BCUT2D eigenvalue weighted by Gasteiger charge is -2.14. The largest absolute Gasteiger partial charge is 0.366 e. The van der Waals surface area contributed by atoms with E-state index in [-0.39, 0.29) is 11.3 Å². The number of rotatable bonds is 6. The van der Waals surface area contributed by atoms with Crippen molar-refractivity contribution in [2.24, 2.45) is 5.73 Å². The Labute approximate surface area is 187 Å². The van der Waals surface area contributed by atoms with Crippen LogP contribution in [0.4, 0.5) is 14.5 Å². The highest BCUT2D eigenvalue weighted by molar-refractivity contribution is 7.93. The summed E-state index contributed by atoms with van der Waals surface area (Å²) in [6.07, 6.45) is 2.68. The first-order valence-corrected chi connectivity index (χ1v) is 11.7. The summed E-state index contributed by atoms with van der Waals surface area (Å²) < 4.78 is 57.3. The summed E-state index contributed by atoms with van der Waals surface area (Å²) in [6.45, 7) is 0. The van der Waals surface area contributed by atoms with Crippen LogP contribution in [0.1, 0.15) is 23.2 Å². The Hall–Kier alpha value is -3.79. The van der Waals surface area contributed by atoms with E-state index in [4.69, 9.17) is 5.73 Å². The van der Waals surface area contributed by atoms with Gasteiger partial charge in [0.05, 0.1) is 22.0 Å². The van der Waals surface area contributed by atoms with Crippen LogP contribution in [-0.2, 0) is 10.0 Å². The van der Waals surface area contributed by atoms with E-state index in [1.165, 1.54) is 18.5 Å². The van der Waals surface area contributed by atoms with Crippen LogP contribution >= 0.6 is 0 Å². The minimum absolute atomic E-state index is 0.116. The van der Waals surface area contributed by atoms with Crippen LogP contribution in [0, 0.1) is 11.6 Å². The molecule has 3 N–H and O–H groups in total. The highest BCUT2D eigenvalue weighted by Crippen LogP contribution is 2.34. The number of aromatic nitrogens is 2. The topological polar surface area (TPSA) is 107 Å². The van der Waals surface area contributed by atoms with Crippen LogP contribution in [0.2, 0.25) is 0 Å². The number of anilines is 1. The van der Waals surface area contributed by atoms with Crippen LogP contribution in [-0.4, -0.2) is 29.1 Å². The molecule has 0 radical (unpaired) electrons. The minimum Gasteiger partial charge on any atom is -0.366 e. The fourth-order valence-electron chi connectivity index (χ4n) is 3.69. The Kier molecular flexibility index (Phi) is 4.89. The first-order valence-electron chi connectivity index (χ1n) is 10.1. The Morgan fingerprint density at radius 2 is 1.85 bits per heavy atom. The predicted molar refractivity (Wildman–Crippen MR) is 121 cm³/mol. The molecule has 0 unspecified atom stereocenters. The van der Waals surface area contributed by atoms with E-state index >= 15 is 0 Å². The predicted octanol–water partition coefficient (Wildman–Crippen LogP) is 3.97. The molecule has 0 spiro atoms. The molecule has 3 aromatic carbocycles. The number of benzene rings is 3. The highest BCUT2D eigenvalue weighted by Gasteiger charge is 2.35. The van der Waals surface area contributed by atoms with Gasteiger partial charge in [-0.1, -0.05) is 0 Å². The molecular weight excluding hydrogens is 450 g/mol. The van der Waals surface area contributed by atoms with Crippen LogP contribution in [0.3, 0.4) is 0 Å². The first-order chi connectivity index (χ1) is 15.7. The molecule has 1 heterocycles. The van der Waals surface area contributed by atoms with Crippen LogP contribution in [0.5, 0.6) is 0 Å². The SMILES string of the molecule is NC(=O)c1ccc2c(c1)ncn2-c1cc(NS(=O)(=O)C2CC2)cc(-c2ccc(F)cc2F)c1. The van der Waals surface area contributed by atoms with Crippen molar-refractivity contribution < 1.29 is 22.0 Å². The standard InChI is InChI=1S/C23H18F2N4O3S/c24-15-2-5-19(20(25)10-15)14-7-16(28-33(31,32)18-3-4-18)11-17(8-14)29-12-27-21-9-13(23(26)30)1-6-22(21)29/h1-2,5-12,18,28H,3-4H2,(H2,26,30). The number of nitrogens with one attached hydrogen (secondary N) is 1. The van der Waals surface area contributed by atoms with Crippen molar-refractivity contribution in [3.05, 3.63) is 78.1 Å². The number of imidazole rings is 1. The highest BCUT2D eigenvalue weighted by atomic mass is 32.2. The zero-order valence-corrected chi connectivity index (χ0v) is 17.9. The van der Waals surface area contributed by atoms with Gasteiger partial charge in [0.25, 0.3) is 0 Å². The van der Waals surface area contributed by atoms with Gasteiger partial charge in [0.15, 0.2) is 0 Å². The van der Waals surface area contributed by atoms with Crippen molar-refractivity contribution in [2.75, 3.05) is 4.72 Å². The lowest BCUT2D eigenvalue weighted by molar-refractivity contribution is 0.100. The molecule has 1 saturated carbocycles. The Bertz CT molecular complexity index is 1530. The number of nitrogens with zero attached hydrogens (tertiary/aromatic N) is 2. The maximum Gasteiger partial charge on any atom is 0.248 e. The summed E-state index contributed by atoms with van der Waals surface area (Å²) in [5, 5.41) is -0.451. The molecular formula is C23H18F2N4O3S. The van der Waals surface area contributed by atoms with Gasteiger partial charge < -0.3 is 5.73 Å². The van der Waals surface area contributed by atoms with E-state index in [0.717, 1.165) is 12.1 Å². The molecule has 1 aliphatic carbocycles. The number of nitrogens with two attached hydrogens (primary N) is 1. The summed E-state index contributed by atoms with van der Waals surface area (Å²) in [7, 11) is -3.58. The Balaban J connectivity index is 1.67. The molecule has 168 valence electrons. The van der Waals surface area contributed by atoms with E-state index in [9.17, 15) is 22.0 Å². The third-order valence-electron chi connectivity index (χ3n) is 5.49. The van der Waals surface area contributed by atoms with Gasteiger partial charge in [0.2, 0.25) is 15.9 Å². The number of hydrogen-bond acceptors (Lipinski definition) is 4. The number of carbonyl (C=O) groups is 1. The van der Waals surface area contributed by atoms with Gasteiger partial charge in [-0.2, -0.15) is 0 Å². The third kappa shape index (κ3) is 4.05. The number of carbonyl (C=O) groups excluding carboxylic acids is 1. The van der Waals surface area contributed by atoms with Crippen LogP contribution in [0.25, 0.3) is 27.8 Å². The van der Waals surface area contributed by atoms with Crippen molar-refractivity contribution in [2.45, 2.75) is 18.1 Å². The number of primary amides is 1. The number of amides is 1. The summed E-state index contributed by atoms with van der Waals surface area (Å²) in [4.78, 5) is 15.8. The van der Waals surface area contributed by atoms with Gasteiger partial charge in [-0.15, -0.1) is 0 Å². The van der Waals surface area contributed by atoms with E-state index in [0.29, 0.717) is 40.7 Å². The first kappa shape index (κ1) is 21.1. The molecule has 10 heteroatoms. The normalized spacial score (nSPS) is 13.9. The smallest absolute Gasteiger partial charge is 0.248 e. The summed E-state index contributed by atoms with van der Waals surface area (Å²) in [5.74, 6) is -2.07. The fourth-order valence-corrected chi connectivity index (χ4v) is 5.06. The van der Waals surface area contributed by atoms with E-state index in [1.807, 2.05) is 0 Å². The number of hydrogen-bond donors (Lipinski definition) is 2. The summed E-state index contributed by atoms with van der Waals surface area (Å²) >= 11 is 0. The number of halogens is 2. The second-order valence-corrected chi connectivity index (χ2v) is 9.88. The lowest BCUT2D eigenvalue weighted by Crippen LogP contribution is -2.17. The number of fused-ring (bicyclic) bond motifs is 1. The zero-order chi connectivity index (χ0) is 23.3. The molecule has 0 saturated heterocycles. The average molecular weight is 468 g/mol. The van der Waals surface area contributed by atoms with Crippen molar-refractivity contribution in [3.63, 3.8) is 0 Å². The molecule has 1 aromatic heterocycles. The fraction of sp³-hybridized carbons (Fsp3) is 0.130. The minimum atomic E-state index is -3.58. The summed E-state index contributed by atoms with van der Waals surface area (Å²) in [6, 6.07) is 12.7. The second kappa shape index (κ2) is 7.66. The van der Waals surface area contributed by atoms with Gasteiger partial charge in [0, 0.05) is 22.9 Å².